The second-order valence-electron chi connectivity index (χ2n) is 5.27. The van der Waals surface area contributed by atoms with Crippen LogP contribution in [0, 0.1) is 5.41 Å². The number of hydrogen-bond donors (Lipinski definition) is 1. The van der Waals surface area contributed by atoms with Gasteiger partial charge in [-0.1, -0.05) is 13.8 Å². The highest BCUT2D eigenvalue weighted by molar-refractivity contribution is 9.10. The molecule has 0 unspecified atom stereocenters. The number of nitrogens with one attached hydrogen (secondary N) is 1. The van der Waals surface area contributed by atoms with E-state index in [0.29, 0.717) is 5.41 Å². The maximum Gasteiger partial charge on any atom is 0.0285 e. The van der Waals surface area contributed by atoms with Crippen molar-refractivity contribution in [1.82, 2.24) is 5.32 Å². The fraction of sp³-hybridized carbons (Fsp3) is 0.714. The van der Waals surface area contributed by atoms with Gasteiger partial charge >= 0.3 is 0 Å². The summed E-state index contributed by atoms with van der Waals surface area (Å²) in [7, 11) is 0. The molecule has 1 aliphatic carbocycles. The van der Waals surface area contributed by atoms with Crippen LogP contribution in [0.1, 0.15) is 44.4 Å². The monoisotopic (exact) mass is 315 g/mol. The molecule has 17 heavy (non-hydrogen) atoms. The minimum atomic E-state index is 0.451. The third-order valence-corrected chi connectivity index (χ3v) is 5.71. The molecule has 1 aromatic rings. The van der Waals surface area contributed by atoms with Gasteiger partial charge in [-0.05, 0) is 59.5 Å². The fourth-order valence-corrected chi connectivity index (χ4v) is 3.90. The summed E-state index contributed by atoms with van der Waals surface area (Å²) in [6.45, 7) is 5.85. The average Bonchev–Trinajstić information content (AvgIpc) is 3.08. The van der Waals surface area contributed by atoms with Crippen molar-refractivity contribution < 1.29 is 0 Å². The van der Waals surface area contributed by atoms with Gasteiger partial charge in [0.1, 0.15) is 0 Å². The van der Waals surface area contributed by atoms with E-state index in [9.17, 15) is 0 Å². The Balaban J connectivity index is 1.98. The van der Waals surface area contributed by atoms with Crippen LogP contribution in [0.2, 0.25) is 0 Å². The summed E-state index contributed by atoms with van der Waals surface area (Å²) in [6, 6.07) is 3.10. The second-order valence-corrected chi connectivity index (χ2v) is 7.18. The van der Waals surface area contributed by atoms with E-state index < -0.39 is 0 Å². The quantitative estimate of drug-likeness (QED) is 0.774. The summed E-state index contributed by atoms with van der Waals surface area (Å²) in [6.07, 6.45) is 6.51. The van der Waals surface area contributed by atoms with Crippen molar-refractivity contribution in [2.24, 2.45) is 5.41 Å². The largest absolute Gasteiger partial charge is 0.313 e. The second kappa shape index (κ2) is 5.85. The van der Waals surface area contributed by atoms with Crippen molar-refractivity contribution in [3.8, 4) is 0 Å². The molecule has 0 spiro atoms. The Kier molecular flexibility index (Phi) is 4.67. The normalized spacial score (nSPS) is 16.4. The van der Waals surface area contributed by atoms with Gasteiger partial charge < -0.3 is 5.32 Å². The minimum absolute atomic E-state index is 0.451. The fourth-order valence-electron chi connectivity index (χ4n) is 2.28. The van der Waals surface area contributed by atoms with E-state index in [0.717, 1.165) is 6.04 Å². The van der Waals surface area contributed by atoms with E-state index in [-0.39, 0.29) is 0 Å². The van der Waals surface area contributed by atoms with Gasteiger partial charge in [0, 0.05) is 27.3 Å². The molecule has 1 N–H and O–H groups in total. The highest BCUT2D eigenvalue weighted by Crippen LogP contribution is 2.34. The van der Waals surface area contributed by atoms with E-state index in [1.54, 1.807) is 0 Å². The van der Waals surface area contributed by atoms with E-state index in [2.05, 4.69) is 46.5 Å². The molecule has 0 radical (unpaired) electrons. The third-order valence-electron chi connectivity index (χ3n) is 4.01. The third kappa shape index (κ3) is 3.80. The summed E-state index contributed by atoms with van der Waals surface area (Å²) in [5.74, 6) is 0. The lowest BCUT2D eigenvalue weighted by molar-refractivity contribution is 0.247. The molecule has 0 aromatic carbocycles. The van der Waals surface area contributed by atoms with E-state index in [4.69, 9.17) is 0 Å². The van der Waals surface area contributed by atoms with Crippen LogP contribution in [-0.4, -0.2) is 12.6 Å². The number of rotatable bonds is 7. The summed E-state index contributed by atoms with van der Waals surface area (Å²) in [5, 5.41) is 5.91. The van der Waals surface area contributed by atoms with Crippen molar-refractivity contribution in [3.05, 3.63) is 20.8 Å². The Bertz CT molecular complexity index is 353. The molecular formula is C14H22BrNS. The number of thiophene rings is 1. The molecule has 0 amide bonds. The smallest absolute Gasteiger partial charge is 0.0285 e. The maximum atomic E-state index is 3.72. The molecule has 0 saturated heterocycles. The molecule has 1 saturated carbocycles. The summed E-state index contributed by atoms with van der Waals surface area (Å²) >= 11 is 5.43. The molecule has 1 heterocycles. The van der Waals surface area contributed by atoms with Gasteiger partial charge in [0.05, 0.1) is 0 Å². The Morgan fingerprint density at radius 2 is 2.12 bits per heavy atom. The number of halogens is 1. The first kappa shape index (κ1) is 13.6. The van der Waals surface area contributed by atoms with Gasteiger partial charge in [-0.15, -0.1) is 11.3 Å². The van der Waals surface area contributed by atoms with Crippen molar-refractivity contribution in [3.63, 3.8) is 0 Å². The first-order valence-electron chi connectivity index (χ1n) is 6.64. The standard InChI is InChI=1S/C14H22BrNS/c1-3-14(4-2,10-16-12-5-6-12)8-13-7-11(15)9-17-13/h7,9,12,16H,3-6,8,10H2,1-2H3. The molecule has 2 rings (SSSR count). The first-order valence-corrected chi connectivity index (χ1v) is 8.31. The Morgan fingerprint density at radius 1 is 1.41 bits per heavy atom. The van der Waals surface area contributed by atoms with Crippen LogP contribution in [0.15, 0.2) is 15.9 Å². The highest BCUT2D eigenvalue weighted by Gasteiger charge is 2.30. The van der Waals surface area contributed by atoms with Crippen molar-refractivity contribution in [2.45, 2.75) is 52.0 Å². The lowest BCUT2D eigenvalue weighted by atomic mass is 9.78. The minimum Gasteiger partial charge on any atom is -0.313 e. The molecule has 96 valence electrons. The van der Waals surface area contributed by atoms with E-state index in [1.807, 2.05) is 11.3 Å². The molecule has 3 heteroatoms. The molecule has 1 fully saturated rings. The lowest BCUT2D eigenvalue weighted by Gasteiger charge is -2.32. The van der Waals surface area contributed by atoms with Crippen molar-refractivity contribution >= 4 is 27.3 Å². The van der Waals surface area contributed by atoms with Crippen LogP contribution >= 0.6 is 27.3 Å². The molecule has 1 aliphatic rings. The first-order chi connectivity index (χ1) is 8.17. The zero-order valence-corrected chi connectivity index (χ0v) is 13.2. The Hall–Kier alpha value is 0.140. The van der Waals surface area contributed by atoms with Gasteiger partial charge in [-0.3, -0.25) is 0 Å². The molecule has 0 bridgehead atoms. The molecular weight excluding hydrogens is 294 g/mol. The topological polar surface area (TPSA) is 12.0 Å². The van der Waals surface area contributed by atoms with Gasteiger partial charge in [-0.2, -0.15) is 0 Å². The molecule has 0 atom stereocenters. The Labute approximate surface area is 117 Å². The predicted octanol–water partition coefficient (Wildman–Crippen LogP) is 4.61. The van der Waals surface area contributed by atoms with Crippen LogP contribution in [0.5, 0.6) is 0 Å². The lowest BCUT2D eigenvalue weighted by Crippen LogP contribution is -2.36. The number of hydrogen-bond acceptors (Lipinski definition) is 2. The van der Waals surface area contributed by atoms with Gasteiger partial charge in [0.15, 0.2) is 0 Å². The van der Waals surface area contributed by atoms with Gasteiger partial charge in [0.2, 0.25) is 0 Å². The van der Waals surface area contributed by atoms with Crippen LogP contribution < -0.4 is 5.32 Å². The average molecular weight is 316 g/mol. The molecule has 1 aromatic heterocycles. The highest BCUT2D eigenvalue weighted by atomic mass is 79.9. The predicted molar refractivity (Wildman–Crippen MR) is 79.8 cm³/mol. The van der Waals surface area contributed by atoms with Crippen LogP contribution in [0.25, 0.3) is 0 Å². The van der Waals surface area contributed by atoms with E-state index >= 15 is 0 Å². The Morgan fingerprint density at radius 3 is 2.59 bits per heavy atom. The van der Waals surface area contributed by atoms with Crippen LogP contribution in [0.4, 0.5) is 0 Å². The molecule has 1 nitrogen and oxygen atoms in total. The molecule has 0 aliphatic heterocycles. The van der Waals surface area contributed by atoms with E-state index in [1.165, 1.54) is 48.0 Å². The zero-order valence-electron chi connectivity index (χ0n) is 10.8. The zero-order chi connectivity index (χ0) is 12.3. The SMILES string of the molecule is CCC(CC)(CNC1CC1)Cc1cc(Br)cs1. The van der Waals surface area contributed by atoms with Crippen molar-refractivity contribution in [1.29, 1.82) is 0 Å². The maximum absolute atomic E-state index is 3.72. The summed E-state index contributed by atoms with van der Waals surface area (Å²) < 4.78 is 1.23. The van der Waals surface area contributed by atoms with Gasteiger partial charge in [-0.25, -0.2) is 0 Å². The van der Waals surface area contributed by atoms with Crippen LogP contribution in [0.3, 0.4) is 0 Å². The van der Waals surface area contributed by atoms with Crippen LogP contribution in [-0.2, 0) is 6.42 Å². The van der Waals surface area contributed by atoms with Gasteiger partial charge in [0.25, 0.3) is 0 Å². The summed E-state index contributed by atoms with van der Waals surface area (Å²) in [4.78, 5) is 1.51. The summed E-state index contributed by atoms with van der Waals surface area (Å²) in [5.41, 5.74) is 0.451. The van der Waals surface area contributed by atoms with Crippen molar-refractivity contribution in [2.75, 3.05) is 6.54 Å².